The molecule has 90 valence electrons. The van der Waals surface area contributed by atoms with Gasteiger partial charge in [0.05, 0.1) is 0 Å². The average Bonchev–Trinajstić information content (AvgIpc) is 1.96. The Morgan fingerprint density at radius 3 is 2.25 bits per heavy atom. The van der Waals surface area contributed by atoms with Gasteiger partial charge < -0.3 is 17.7 Å². The second kappa shape index (κ2) is 4.27. The fourth-order valence-corrected chi connectivity index (χ4v) is 1.14. The first-order chi connectivity index (χ1) is 7.16. The average molecular weight is 243 g/mol. The highest BCUT2D eigenvalue weighted by Gasteiger charge is 2.31. The third kappa shape index (κ3) is 4.95. The largest absolute Gasteiger partial charge is 0.573 e. The molecule has 0 fully saturated rings. The van der Waals surface area contributed by atoms with Crippen LogP contribution in [0.2, 0.25) is 0 Å². The molecule has 0 saturated heterocycles. The Hall–Kier alpha value is -1.34. The lowest BCUT2D eigenvalue weighted by atomic mass is 9.82. The highest BCUT2D eigenvalue weighted by Crippen LogP contribution is 2.25. The second-order valence-electron chi connectivity index (χ2n) is 3.11. The summed E-state index contributed by atoms with van der Waals surface area (Å²) < 4.78 is 74.8. The van der Waals surface area contributed by atoms with E-state index in [9.17, 15) is 26.1 Å². The van der Waals surface area contributed by atoms with Crippen LogP contribution in [0, 0.1) is 0 Å². The first-order valence-corrected chi connectivity index (χ1v) is 4.21. The van der Waals surface area contributed by atoms with E-state index in [4.69, 9.17) is 0 Å². The van der Waals surface area contributed by atoms with Gasteiger partial charge in [-0.3, -0.25) is 0 Å². The monoisotopic (exact) mass is 243 g/mol. The van der Waals surface area contributed by atoms with Crippen LogP contribution in [0.15, 0.2) is 24.3 Å². The molecule has 0 atom stereocenters. The van der Waals surface area contributed by atoms with Gasteiger partial charge in [-0.1, -0.05) is 24.0 Å². The Balaban J connectivity index is 2.79. The maximum Gasteiger partial charge on any atom is 0.573 e. The number of alkyl halides is 3. The molecule has 0 bridgehead atoms. The van der Waals surface area contributed by atoms with Gasteiger partial charge in [-0.15, -0.1) is 13.2 Å². The van der Waals surface area contributed by atoms with E-state index in [0.717, 1.165) is 24.3 Å². The van der Waals surface area contributed by atoms with Crippen LogP contribution in [0.3, 0.4) is 0 Å². The first-order valence-electron chi connectivity index (χ1n) is 4.21. The molecule has 1 nitrogen and oxygen atoms in total. The van der Waals surface area contributed by atoms with Crippen LogP contribution in [0.1, 0.15) is 5.56 Å². The van der Waals surface area contributed by atoms with E-state index in [1.54, 1.807) is 0 Å². The Labute approximate surface area is 87.1 Å². The standard InChI is InChI=1S/C8H6BF6O/c10-8(11,12)16-7-3-1-2-6(4-7)5-9(13,14)15/h1-4H,5H2/q-1. The van der Waals surface area contributed by atoms with Crippen molar-refractivity contribution < 1.29 is 30.9 Å². The Morgan fingerprint density at radius 2 is 1.75 bits per heavy atom. The summed E-state index contributed by atoms with van der Waals surface area (Å²) in [5, 5.41) is 0. The molecular formula is C8H6BF6O-. The molecule has 0 radical (unpaired) electrons. The molecule has 0 aromatic heterocycles. The minimum absolute atomic E-state index is 0.255. The van der Waals surface area contributed by atoms with E-state index in [1.165, 1.54) is 0 Å². The molecule has 8 heteroatoms. The zero-order valence-corrected chi connectivity index (χ0v) is 7.77. The SMILES string of the molecule is F[B-](F)(F)Cc1cccc(OC(F)(F)F)c1. The number of hydrogen-bond acceptors (Lipinski definition) is 1. The maximum atomic E-state index is 12.0. The third-order valence-corrected chi connectivity index (χ3v) is 1.60. The van der Waals surface area contributed by atoms with Crippen molar-refractivity contribution in [1.29, 1.82) is 0 Å². The molecule has 0 unspecified atom stereocenters. The van der Waals surface area contributed by atoms with Crippen LogP contribution in [0.4, 0.5) is 26.1 Å². The van der Waals surface area contributed by atoms with Crippen LogP contribution in [0.25, 0.3) is 0 Å². The summed E-state index contributed by atoms with van der Waals surface area (Å²) in [4.78, 5) is 0. The molecule has 1 aromatic rings. The molecule has 0 aliphatic rings. The molecule has 1 aromatic carbocycles. The van der Waals surface area contributed by atoms with Crippen molar-refractivity contribution in [2.75, 3.05) is 0 Å². The van der Waals surface area contributed by atoms with Gasteiger partial charge in [0.15, 0.2) is 0 Å². The minimum Gasteiger partial charge on any atom is -0.449 e. The Kier molecular flexibility index (Phi) is 3.40. The summed E-state index contributed by atoms with van der Waals surface area (Å²) in [6.07, 6.45) is -6.13. The van der Waals surface area contributed by atoms with E-state index in [2.05, 4.69) is 4.74 Å². The summed E-state index contributed by atoms with van der Waals surface area (Å²) in [6, 6.07) is 3.85. The molecule has 16 heavy (non-hydrogen) atoms. The lowest BCUT2D eigenvalue weighted by molar-refractivity contribution is -0.274. The molecular weight excluding hydrogens is 237 g/mol. The Morgan fingerprint density at radius 1 is 1.12 bits per heavy atom. The number of benzene rings is 1. The minimum atomic E-state index is -5.07. The van der Waals surface area contributed by atoms with E-state index in [0.29, 0.717) is 0 Å². The molecule has 0 N–H and O–H groups in total. The van der Waals surface area contributed by atoms with E-state index in [-0.39, 0.29) is 5.56 Å². The second-order valence-corrected chi connectivity index (χ2v) is 3.11. The summed E-state index contributed by atoms with van der Waals surface area (Å²) in [6.45, 7) is -5.07. The molecule has 0 saturated carbocycles. The molecule has 0 spiro atoms. The van der Waals surface area contributed by atoms with Crippen LogP contribution >= 0.6 is 0 Å². The summed E-state index contributed by atoms with van der Waals surface area (Å²) >= 11 is 0. The van der Waals surface area contributed by atoms with Crippen LogP contribution in [0.5, 0.6) is 5.75 Å². The predicted octanol–water partition coefficient (Wildman–Crippen LogP) is 3.51. The molecule has 0 aliphatic carbocycles. The van der Waals surface area contributed by atoms with Gasteiger partial charge in [0, 0.05) is 0 Å². The number of hydrogen-bond donors (Lipinski definition) is 0. The topological polar surface area (TPSA) is 9.23 Å². The molecule has 1 rings (SSSR count). The van der Waals surface area contributed by atoms with Crippen molar-refractivity contribution in [3.63, 3.8) is 0 Å². The molecule has 0 aliphatic heterocycles. The fourth-order valence-electron chi connectivity index (χ4n) is 1.14. The predicted molar refractivity (Wildman–Crippen MR) is 45.9 cm³/mol. The van der Waals surface area contributed by atoms with Gasteiger partial charge in [-0.2, -0.15) is 0 Å². The molecule has 0 heterocycles. The lowest BCUT2D eigenvalue weighted by Gasteiger charge is -2.14. The van der Waals surface area contributed by atoms with E-state index >= 15 is 0 Å². The zero-order valence-electron chi connectivity index (χ0n) is 7.77. The van der Waals surface area contributed by atoms with Crippen molar-refractivity contribution in [2.24, 2.45) is 0 Å². The van der Waals surface area contributed by atoms with Crippen molar-refractivity contribution in [2.45, 2.75) is 12.7 Å². The van der Waals surface area contributed by atoms with Crippen molar-refractivity contribution in [3.05, 3.63) is 29.8 Å². The van der Waals surface area contributed by atoms with Crippen LogP contribution in [-0.4, -0.2) is 13.3 Å². The van der Waals surface area contributed by atoms with Crippen molar-refractivity contribution >= 4 is 6.98 Å². The normalized spacial score (nSPS) is 12.6. The summed E-state index contributed by atoms with van der Waals surface area (Å²) in [5.41, 5.74) is -0.255. The quantitative estimate of drug-likeness (QED) is 0.582. The Bertz CT molecular complexity index is 327. The number of ether oxygens (including phenoxy) is 1. The first kappa shape index (κ1) is 12.7. The van der Waals surface area contributed by atoms with Crippen LogP contribution in [-0.2, 0) is 6.32 Å². The van der Waals surface area contributed by atoms with Crippen LogP contribution < -0.4 is 4.74 Å². The highest BCUT2D eigenvalue weighted by atomic mass is 19.4. The van der Waals surface area contributed by atoms with Gasteiger partial charge in [0.25, 0.3) is 0 Å². The van der Waals surface area contributed by atoms with E-state index in [1.807, 2.05) is 0 Å². The fraction of sp³-hybridized carbons (Fsp3) is 0.250. The number of halogens is 6. The van der Waals surface area contributed by atoms with E-state index < -0.39 is 25.4 Å². The van der Waals surface area contributed by atoms with Crippen molar-refractivity contribution in [1.82, 2.24) is 0 Å². The smallest absolute Gasteiger partial charge is 0.449 e. The maximum absolute atomic E-state index is 12.0. The van der Waals surface area contributed by atoms with Gasteiger partial charge in [0.1, 0.15) is 5.75 Å². The van der Waals surface area contributed by atoms with Gasteiger partial charge >= 0.3 is 13.3 Å². The number of rotatable bonds is 3. The van der Waals surface area contributed by atoms with Gasteiger partial charge in [0.2, 0.25) is 0 Å². The lowest BCUT2D eigenvalue weighted by Crippen LogP contribution is -2.20. The summed E-state index contributed by atoms with van der Waals surface area (Å²) in [7, 11) is 0. The van der Waals surface area contributed by atoms with Crippen molar-refractivity contribution in [3.8, 4) is 5.75 Å². The zero-order chi connectivity index (χ0) is 12.4. The van der Waals surface area contributed by atoms with Gasteiger partial charge in [-0.05, 0) is 12.1 Å². The van der Waals surface area contributed by atoms with Gasteiger partial charge in [-0.25, -0.2) is 0 Å². The third-order valence-electron chi connectivity index (χ3n) is 1.60. The highest BCUT2D eigenvalue weighted by molar-refractivity contribution is 6.57. The summed E-state index contributed by atoms with van der Waals surface area (Å²) in [5.74, 6) is -0.648. The molecule has 0 amide bonds.